The number of carbonyl (C=O) groups excluding carboxylic acids is 1. The Morgan fingerprint density at radius 2 is 2.22 bits per heavy atom. The normalized spacial score (nSPS) is 11.0. The van der Waals surface area contributed by atoms with Crippen LogP contribution in [0.2, 0.25) is 0 Å². The maximum Gasteiger partial charge on any atom is 0.251 e. The first kappa shape index (κ1) is 15.7. The zero-order valence-corrected chi connectivity index (χ0v) is 14.1. The van der Waals surface area contributed by atoms with Crippen LogP contribution in [0.3, 0.4) is 0 Å². The predicted molar refractivity (Wildman–Crippen MR) is 90.6 cm³/mol. The number of hydrogen-bond acceptors (Lipinski definition) is 5. The Morgan fingerprint density at radius 3 is 2.96 bits per heavy atom. The minimum absolute atomic E-state index is 0.127. The molecule has 1 amide bonds. The smallest absolute Gasteiger partial charge is 0.251 e. The second kappa shape index (κ2) is 6.91. The highest BCUT2D eigenvalue weighted by Gasteiger charge is 2.11. The number of unbranched alkanes of at least 4 members (excludes halogenated alkanes) is 1. The Balaban J connectivity index is 1.70. The van der Waals surface area contributed by atoms with Crippen LogP contribution in [-0.2, 0) is 13.0 Å². The van der Waals surface area contributed by atoms with E-state index in [0.717, 1.165) is 47.0 Å². The number of aryl methyl sites for hydroxylation is 2. The van der Waals surface area contributed by atoms with Crippen LogP contribution in [0.25, 0.3) is 11.1 Å². The van der Waals surface area contributed by atoms with Gasteiger partial charge in [0, 0.05) is 23.1 Å². The Labute approximate surface area is 138 Å². The third-order valence-electron chi connectivity index (χ3n) is 3.50. The van der Waals surface area contributed by atoms with Gasteiger partial charge in [-0.2, -0.15) is 0 Å². The van der Waals surface area contributed by atoms with Gasteiger partial charge in [-0.1, -0.05) is 13.3 Å². The molecule has 0 spiro atoms. The van der Waals surface area contributed by atoms with E-state index in [1.165, 1.54) is 0 Å². The largest absolute Gasteiger partial charge is 0.441 e. The minimum Gasteiger partial charge on any atom is -0.441 e. The maximum atomic E-state index is 12.3. The fraction of sp³-hybridized carbons (Fsp3) is 0.353. The monoisotopic (exact) mass is 329 g/mol. The van der Waals surface area contributed by atoms with Crippen molar-refractivity contribution in [3.8, 4) is 0 Å². The number of hydrogen-bond donors (Lipinski definition) is 1. The van der Waals surface area contributed by atoms with E-state index in [1.807, 2.05) is 12.3 Å². The average Bonchev–Trinajstić information content (AvgIpc) is 3.15. The summed E-state index contributed by atoms with van der Waals surface area (Å²) >= 11 is 1.55. The molecule has 2 aromatic heterocycles. The van der Waals surface area contributed by atoms with Crippen molar-refractivity contribution in [1.82, 2.24) is 15.3 Å². The van der Waals surface area contributed by atoms with Crippen molar-refractivity contribution in [3.63, 3.8) is 0 Å². The Bertz CT molecular complexity index is 822. The topological polar surface area (TPSA) is 68.0 Å². The summed E-state index contributed by atoms with van der Waals surface area (Å²) in [4.78, 5) is 21.0. The molecule has 0 atom stereocenters. The van der Waals surface area contributed by atoms with E-state index < -0.39 is 0 Å². The van der Waals surface area contributed by atoms with Gasteiger partial charge in [0.05, 0.1) is 6.54 Å². The second-order valence-electron chi connectivity index (χ2n) is 5.46. The molecular formula is C17H19N3O2S. The fourth-order valence-corrected chi connectivity index (χ4v) is 3.00. The lowest BCUT2D eigenvalue weighted by atomic mass is 10.2. The summed E-state index contributed by atoms with van der Waals surface area (Å²) in [5.41, 5.74) is 3.01. The number of aromatic nitrogens is 2. The summed E-state index contributed by atoms with van der Waals surface area (Å²) in [6.07, 6.45) is 2.98. The number of benzene rings is 1. The molecule has 1 N–H and O–H groups in total. The van der Waals surface area contributed by atoms with Crippen molar-refractivity contribution in [2.45, 2.75) is 39.7 Å². The predicted octanol–water partition coefficient (Wildman–Crippen LogP) is 3.87. The summed E-state index contributed by atoms with van der Waals surface area (Å²) < 4.78 is 5.69. The number of fused-ring (bicyclic) bond motifs is 1. The number of nitrogens with zero attached hydrogens (tertiary/aromatic N) is 2. The van der Waals surface area contributed by atoms with Crippen molar-refractivity contribution >= 4 is 28.3 Å². The SMILES string of the molecule is CCCCc1nc2cc(C(=O)NCc3nc(C)cs3)ccc2o1. The van der Waals surface area contributed by atoms with Crippen LogP contribution in [0.1, 0.15) is 46.7 Å². The molecule has 0 radical (unpaired) electrons. The molecular weight excluding hydrogens is 310 g/mol. The number of thiazole rings is 1. The molecule has 120 valence electrons. The molecule has 5 nitrogen and oxygen atoms in total. The third kappa shape index (κ3) is 3.76. The van der Waals surface area contributed by atoms with Gasteiger partial charge in [-0.3, -0.25) is 4.79 Å². The zero-order chi connectivity index (χ0) is 16.2. The van der Waals surface area contributed by atoms with E-state index in [1.54, 1.807) is 29.5 Å². The standard InChI is InChI=1S/C17H19N3O2S/c1-3-4-5-15-20-13-8-12(6-7-14(13)22-15)17(21)18-9-16-19-11(2)10-23-16/h6-8,10H,3-5,9H2,1-2H3,(H,18,21). The van der Waals surface area contributed by atoms with Crippen LogP contribution >= 0.6 is 11.3 Å². The van der Waals surface area contributed by atoms with Crippen LogP contribution in [0.5, 0.6) is 0 Å². The Hall–Kier alpha value is -2.21. The molecule has 0 saturated carbocycles. The lowest BCUT2D eigenvalue weighted by Crippen LogP contribution is -2.22. The van der Waals surface area contributed by atoms with Gasteiger partial charge in [0.2, 0.25) is 0 Å². The molecule has 0 bridgehead atoms. The van der Waals surface area contributed by atoms with Crippen molar-refractivity contribution in [3.05, 3.63) is 45.7 Å². The molecule has 3 rings (SSSR count). The molecule has 1 aromatic carbocycles. The average molecular weight is 329 g/mol. The highest BCUT2D eigenvalue weighted by Crippen LogP contribution is 2.18. The number of carbonyl (C=O) groups is 1. The Kier molecular flexibility index (Phi) is 4.71. The summed E-state index contributed by atoms with van der Waals surface area (Å²) in [5, 5.41) is 5.76. The molecule has 0 fully saturated rings. The van der Waals surface area contributed by atoms with E-state index in [0.29, 0.717) is 12.1 Å². The molecule has 2 heterocycles. The van der Waals surface area contributed by atoms with Crippen LogP contribution in [0, 0.1) is 6.92 Å². The number of nitrogens with one attached hydrogen (secondary N) is 1. The van der Waals surface area contributed by atoms with Crippen molar-refractivity contribution < 1.29 is 9.21 Å². The van der Waals surface area contributed by atoms with Crippen molar-refractivity contribution in [2.24, 2.45) is 0 Å². The lowest BCUT2D eigenvalue weighted by Gasteiger charge is -2.02. The number of amides is 1. The van der Waals surface area contributed by atoms with Gasteiger partial charge >= 0.3 is 0 Å². The van der Waals surface area contributed by atoms with E-state index in [9.17, 15) is 4.79 Å². The lowest BCUT2D eigenvalue weighted by molar-refractivity contribution is 0.0951. The zero-order valence-electron chi connectivity index (χ0n) is 13.3. The summed E-state index contributed by atoms with van der Waals surface area (Å²) in [6.45, 7) is 4.52. The summed E-state index contributed by atoms with van der Waals surface area (Å²) in [7, 11) is 0. The van der Waals surface area contributed by atoms with Gasteiger partial charge in [0.15, 0.2) is 11.5 Å². The number of rotatable bonds is 6. The van der Waals surface area contributed by atoms with Gasteiger partial charge in [0.25, 0.3) is 5.91 Å². The van der Waals surface area contributed by atoms with Crippen molar-refractivity contribution in [1.29, 1.82) is 0 Å². The van der Waals surface area contributed by atoms with Gasteiger partial charge < -0.3 is 9.73 Å². The van der Waals surface area contributed by atoms with Crippen molar-refractivity contribution in [2.75, 3.05) is 0 Å². The van der Waals surface area contributed by atoms with Crippen LogP contribution in [0.15, 0.2) is 28.0 Å². The van der Waals surface area contributed by atoms with E-state index in [-0.39, 0.29) is 5.91 Å². The van der Waals surface area contributed by atoms with E-state index in [2.05, 4.69) is 22.2 Å². The quantitative estimate of drug-likeness (QED) is 0.745. The van der Waals surface area contributed by atoms with Crippen LogP contribution < -0.4 is 5.32 Å². The maximum absolute atomic E-state index is 12.3. The molecule has 23 heavy (non-hydrogen) atoms. The number of oxazole rings is 1. The van der Waals surface area contributed by atoms with Gasteiger partial charge in [-0.05, 0) is 31.5 Å². The van der Waals surface area contributed by atoms with E-state index >= 15 is 0 Å². The first-order valence-corrected chi connectivity index (χ1v) is 8.62. The van der Waals surface area contributed by atoms with E-state index in [4.69, 9.17) is 4.42 Å². The molecule has 0 aliphatic rings. The first-order chi connectivity index (χ1) is 11.2. The molecule has 3 aromatic rings. The van der Waals surface area contributed by atoms with Gasteiger partial charge in [0.1, 0.15) is 10.5 Å². The highest BCUT2D eigenvalue weighted by atomic mass is 32.1. The molecule has 0 aliphatic carbocycles. The second-order valence-corrected chi connectivity index (χ2v) is 6.40. The van der Waals surface area contributed by atoms with Crippen LogP contribution in [-0.4, -0.2) is 15.9 Å². The highest BCUT2D eigenvalue weighted by molar-refractivity contribution is 7.09. The van der Waals surface area contributed by atoms with Gasteiger partial charge in [-0.25, -0.2) is 9.97 Å². The Morgan fingerprint density at radius 1 is 1.35 bits per heavy atom. The molecule has 6 heteroatoms. The van der Waals surface area contributed by atoms with Crippen LogP contribution in [0.4, 0.5) is 0 Å². The summed E-state index contributed by atoms with van der Waals surface area (Å²) in [5.74, 6) is 0.607. The molecule has 0 unspecified atom stereocenters. The molecule has 0 aliphatic heterocycles. The fourth-order valence-electron chi connectivity index (χ4n) is 2.29. The van der Waals surface area contributed by atoms with Gasteiger partial charge in [-0.15, -0.1) is 11.3 Å². The summed E-state index contributed by atoms with van der Waals surface area (Å²) in [6, 6.07) is 5.34. The molecule has 0 saturated heterocycles. The first-order valence-electron chi connectivity index (χ1n) is 7.74. The third-order valence-corrected chi connectivity index (χ3v) is 4.47. The minimum atomic E-state index is -0.127.